The first-order valence-electron chi connectivity index (χ1n) is 4.66. The lowest BCUT2D eigenvalue weighted by Crippen LogP contribution is -2.11. The molecule has 0 spiro atoms. The maximum absolute atomic E-state index is 10.9. The molecule has 3 heteroatoms. The van der Waals surface area contributed by atoms with Crippen LogP contribution in [0, 0.1) is 17.3 Å². The molecule has 1 rings (SSSR count). The average molecular weight is 202 g/mol. The van der Waals surface area contributed by atoms with Crippen molar-refractivity contribution in [3.05, 3.63) is 29.6 Å². The van der Waals surface area contributed by atoms with Crippen LogP contribution in [-0.2, 0) is 0 Å². The first kappa shape index (κ1) is 11.3. The fourth-order valence-electron chi connectivity index (χ4n) is 0.903. The molecule has 0 aliphatic heterocycles. The lowest BCUT2D eigenvalue weighted by atomic mass is 9.97. The van der Waals surface area contributed by atoms with E-state index < -0.39 is 5.91 Å². The van der Waals surface area contributed by atoms with Crippen molar-refractivity contribution in [2.24, 2.45) is 11.1 Å². The second kappa shape index (κ2) is 4.14. The zero-order valence-corrected chi connectivity index (χ0v) is 9.16. The molecule has 0 aliphatic rings. The summed E-state index contributed by atoms with van der Waals surface area (Å²) in [5.41, 5.74) is 6.17. The normalized spacial score (nSPS) is 10.3. The molecule has 0 saturated heterocycles. The average Bonchev–Trinajstić information content (AvgIpc) is 2.14. The minimum absolute atomic E-state index is 0.0667. The molecule has 0 aromatic carbocycles. The predicted molar refractivity (Wildman–Crippen MR) is 59.1 cm³/mol. The van der Waals surface area contributed by atoms with E-state index in [-0.39, 0.29) is 5.41 Å². The van der Waals surface area contributed by atoms with Crippen LogP contribution in [0.25, 0.3) is 0 Å². The van der Waals surface area contributed by atoms with Crippen LogP contribution in [0.2, 0.25) is 0 Å². The van der Waals surface area contributed by atoms with Gasteiger partial charge in [0.05, 0.1) is 5.56 Å². The molecule has 78 valence electrons. The number of hydrogen-bond donors (Lipinski definition) is 1. The Morgan fingerprint density at radius 1 is 1.40 bits per heavy atom. The van der Waals surface area contributed by atoms with Gasteiger partial charge in [-0.2, -0.15) is 0 Å². The van der Waals surface area contributed by atoms with Gasteiger partial charge in [-0.1, -0.05) is 11.8 Å². The van der Waals surface area contributed by atoms with Crippen LogP contribution < -0.4 is 5.73 Å². The van der Waals surface area contributed by atoms with E-state index in [2.05, 4.69) is 16.8 Å². The third kappa shape index (κ3) is 3.82. The van der Waals surface area contributed by atoms with Crippen molar-refractivity contribution in [3.63, 3.8) is 0 Å². The number of primary amides is 1. The lowest BCUT2D eigenvalue weighted by molar-refractivity contribution is 0.1000. The molecule has 1 heterocycles. The number of rotatable bonds is 1. The molecule has 0 fully saturated rings. The minimum Gasteiger partial charge on any atom is -0.366 e. The van der Waals surface area contributed by atoms with Gasteiger partial charge in [0.15, 0.2) is 0 Å². The van der Waals surface area contributed by atoms with Crippen LogP contribution in [-0.4, -0.2) is 10.9 Å². The summed E-state index contributed by atoms with van der Waals surface area (Å²) in [5, 5.41) is 0. The van der Waals surface area contributed by atoms with Crippen LogP contribution in [0.5, 0.6) is 0 Å². The van der Waals surface area contributed by atoms with Gasteiger partial charge in [-0.3, -0.25) is 9.78 Å². The summed E-state index contributed by atoms with van der Waals surface area (Å²) in [7, 11) is 0. The molecule has 1 aromatic rings. The number of hydrogen-bond acceptors (Lipinski definition) is 2. The van der Waals surface area contributed by atoms with Crippen LogP contribution in [0.3, 0.4) is 0 Å². The molecule has 1 aromatic heterocycles. The van der Waals surface area contributed by atoms with Gasteiger partial charge in [-0.15, -0.1) is 0 Å². The van der Waals surface area contributed by atoms with Crippen molar-refractivity contribution >= 4 is 5.91 Å². The van der Waals surface area contributed by atoms with Crippen molar-refractivity contribution in [1.29, 1.82) is 0 Å². The van der Waals surface area contributed by atoms with Gasteiger partial charge in [-0.25, -0.2) is 0 Å². The number of aromatic nitrogens is 1. The summed E-state index contributed by atoms with van der Waals surface area (Å²) in [4.78, 5) is 14.8. The summed E-state index contributed by atoms with van der Waals surface area (Å²) in [5.74, 6) is 5.54. The van der Waals surface area contributed by atoms with Gasteiger partial charge in [-0.05, 0) is 26.8 Å². The van der Waals surface area contributed by atoms with E-state index in [0.717, 1.165) is 0 Å². The highest BCUT2D eigenvalue weighted by Gasteiger charge is 2.04. The smallest absolute Gasteiger partial charge is 0.250 e. The van der Waals surface area contributed by atoms with Gasteiger partial charge in [0.2, 0.25) is 5.91 Å². The second-order valence-corrected chi connectivity index (χ2v) is 4.33. The first-order valence-corrected chi connectivity index (χ1v) is 4.66. The molecule has 1 amide bonds. The van der Waals surface area contributed by atoms with Gasteiger partial charge >= 0.3 is 0 Å². The highest BCUT2D eigenvalue weighted by molar-refractivity contribution is 5.92. The SMILES string of the molecule is CC(C)(C)C#Cc1cncc(C(N)=O)c1. The number of carbonyl (C=O) groups excluding carboxylic acids is 1. The molecule has 0 atom stereocenters. The van der Waals surface area contributed by atoms with Crippen molar-refractivity contribution in [3.8, 4) is 11.8 Å². The Labute approximate surface area is 89.7 Å². The van der Waals surface area contributed by atoms with E-state index >= 15 is 0 Å². The van der Waals surface area contributed by atoms with Gasteiger partial charge in [0.25, 0.3) is 0 Å². The molecule has 0 aliphatic carbocycles. The standard InChI is InChI=1S/C12H14N2O/c1-12(2,3)5-4-9-6-10(11(13)15)8-14-7-9/h6-8H,1-3H3,(H2,13,15). The van der Waals surface area contributed by atoms with E-state index in [9.17, 15) is 4.79 Å². The molecule has 0 radical (unpaired) electrons. The molecule has 0 unspecified atom stereocenters. The Hall–Kier alpha value is -1.82. The summed E-state index contributed by atoms with van der Waals surface area (Å²) >= 11 is 0. The fraction of sp³-hybridized carbons (Fsp3) is 0.333. The van der Waals surface area contributed by atoms with Crippen molar-refractivity contribution < 1.29 is 4.79 Å². The summed E-state index contributed by atoms with van der Waals surface area (Å²) < 4.78 is 0. The van der Waals surface area contributed by atoms with E-state index in [1.165, 1.54) is 6.20 Å². The molecule has 3 nitrogen and oxygen atoms in total. The molecule has 0 saturated carbocycles. The predicted octanol–water partition coefficient (Wildman–Crippen LogP) is 1.58. The van der Waals surface area contributed by atoms with E-state index in [1.54, 1.807) is 12.3 Å². The van der Waals surface area contributed by atoms with E-state index in [0.29, 0.717) is 11.1 Å². The molecular weight excluding hydrogens is 188 g/mol. The van der Waals surface area contributed by atoms with Crippen molar-refractivity contribution in [2.75, 3.05) is 0 Å². The molecule has 2 N–H and O–H groups in total. The Morgan fingerprint density at radius 3 is 2.60 bits per heavy atom. The van der Waals surface area contributed by atoms with Crippen LogP contribution in [0.15, 0.2) is 18.5 Å². The summed E-state index contributed by atoms with van der Waals surface area (Å²) in [6, 6.07) is 1.65. The Bertz CT molecular complexity index is 433. The van der Waals surface area contributed by atoms with Crippen molar-refractivity contribution in [2.45, 2.75) is 20.8 Å². The zero-order chi connectivity index (χ0) is 11.5. The van der Waals surface area contributed by atoms with Gasteiger partial charge in [0, 0.05) is 23.4 Å². The monoisotopic (exact) mass is 202 g/mol. The fourth-order valence-corrected chi connectivity index (χ4v) is 0.903. The first-order chi connectivity index (χ1) is 6.88. The third-order valence-corrected chi connectivity index (χ3v) is 1.60. The van der Waals surface area contributed by atoms with Gasteiger partial charge in [0.1, 0.15) is 0 Å². The molecule has 15 heavy (non-hydrogen) atoms. The van der Waals surface area contributed by atoms with E-state index in [1.807, 2.05) is 20.8 Å². The number of nitrogens with two attached hydrogens (primary N) is 1. The summed E-state index contributed by atoms with van der Waals surface area (Å²) in [6.07, 6.45) is 3.05. The Balaban J connectivity index is 3.00. The second-order valence-electron chi connectivity index (χ2n) is 4.33. The number of carbonyl (C=O) groups is 1. The lowest BCUT2D eigenvalue weighted by Gasteiger charge is -2.06. The van der Waals surface area contributed by atoms with Crippen LogP contribution in [0.4, 0.5) is 0 Å². The highest BCUT2D eigenvalue weighted by Crippen LogP contribution is 2.10. The topological polar surface area (TPSA) is 56.0 Å². The minimum atomic E-state index is -0.484. The van der Waals surface area contributed by atoms with Gasteiger partial charge < -0.3 is 5.73 Å². The highest BCUT2D eigenvalue weighted by atomic mass is 16.1. The Kier molecular flexibility index (Phi) is 3.11. The largest absolute Gasteiger partial charge is 0.366 e. The molecular formula is C12H14N2O. The molecule has 0 bridgehead atoms. The summed E-state index contributed by atoms with van der Waals surface area (Å²) in [6.45, 7) is 6.06. The Morgan fingerprint density at radius 2 is 2.07 bits per heavy atom. The van der Waals surface area contributed by atoms with E-state index in [4.69, 9.17) is 5.73 Å². The van der Waals surface area contributed by atoms with Crippen LogP contribution >= 0.6 is 0 Å². The third-order valence-electron chi connectivity index (χ3n) is 1.60. The zero-order valence-electron chi connectivity index (χ0n) is 9.16. The number of amides is 1. The maximum Gasteiger partial charge on any atom is 0.250 e. The maximum atomic E-state index is 10.9. The van der Waals surface area contributed by atoms with Crippen LogP contribution in [0.1, 0.15) is 36.7 Å². The number of pyridine rings is 1. The number of nitrogens with zero attached hydrogens (tertiary/aromatic N) is 1. The quantitative estimate of drug-likeness (QED) is 0.703. The van der Waals surface area contributed by atoms with Crippen molar-refractivity contribution in [1.82, 2.24) is 4.98 Å².